The van der Waals surface area contributed by atoms with Crippen molar-refractivity contribution in [3.05, 3.63) is 29.6 Å². The number of fused-ring (bicyclic) bond motifs is 1. The van der Waals surface area contributed by atoms with E-state index in [0.717, 1.165) is 13.8 Å². The molecule has 30 heavy (non-hydrogen) atoms. The fraction of sp³-hybridized carbons (Fsp3) is 0.579. The summed E-state index contributed by atoms with van der Waals surface area (Å²) in [6, 6.07) is 2.37. The molecule has 0 radical (unpaired) electrons. The number of rotatable bonds is 9. The van der Waals surface area contributed by atoms with Gasteiger partial charge in [-0.2, -0.15) is 0 Å². The molecule has 1 amide bonds. The second kappa shape index (κ2) is 9.23. The zero-order valence-electron chi connectivity index (χ0n) is 16.6. The highest BCUT2D eigenvalue weighted by Gasteiger charge is 2.43. The molecule has 0 aliphatic heterocycles. The number of hydrogen-bond acceptors (Lipinski definition) is 3. The molecule has 168 valence electrons. The van der Waals surface area contributed by atoms with Crippen molar-refractivity contribution >= 4 is 16.9 Å². The number of aromatic nitrogens is 2. The predicted octanol–water partition coefficient (Wildman–Crippen LogP) is 4.02. The number of benzene rings is 1. The van der Waals surface area contributed by atoms with Crippen LogP contribution in [0.2, 0.25) is 0 Å². The number of alkyl halides is 6. The van der Waals surface area contributed by atoms with E-state index >= 15 is 0 Å². The highest BCUT2D eigenvalue weighted by atomic mass is 19.3. The van der Waals surface area contributed by atoms with Gasteiger partial charge in [-0.25, -0.2) is 31.3 Å². The molecule has 0 aliphatic rings. The third kappa shape index (κ3) is 4.88. The van der Waals surface area contributed by atoms with Gasteiger partial charge in [-0.15, -0.1) is 0 Å². The molecule has 5 nitrogen and oxygen atoms in total. The van der Waals surface area contributed by atoms with E-state index in [4.69, 9.17) is 5.73 Å². The topological polar surface area (TPSA) is 83.8 Å². The molecular weight excluding hydrogens is 414 g/mol. The fourth-order valence-electron chi connectivity index (χ4n) is 2.81. The summed E-state index contributed by atoms with van der Waals surface area (Å²) in [5, 5.41) is 2.23. The van der Waals surface area contributed by atoms with Gasteiger partial charge in [-0.05, 0) is 24.6 Å². The number of nitrogens with one attached hydrogen (secondary N) is 2. The van der Waals surface area contributed by atoms with Crippen molar-refractivity contribution in [3.8, 4) is 0 Å². The summed E-state index contributed by atoms with van der Waals surface area (Å²) >= 11 is 0. The Labute approximate surface area is 169 Å². The second-order valence-electron chi connectivity index (χ2n) is 7.75. The Morgan fingerprint density at radius 1 is 1.23 bits per heavy atom. The highest BCUT2D eigenvalue weighted by molar-refractivity contribution is 5.82. The Morgan fingerprint density at radius 2 is 1.87 bits per heavy atom. The first kappa shape index (κ1) is 24.0. The van der Waals surface area contributed by atoms with Crippen LogP contribution >= 0.6 is 0 Å². The summed E-state index contributed by atoms with van der Waals surface area (Å²) in [6.07, 6.45) is -10.2. The number of nitrogens with two attached hydrogens (primary N) is 1. The molecule has 0 saturated heterocycles. The lowest BCUT2D eigenvalue weighted by Crippen LogP contribution is -2.40. The summed E-state index contributed by atoms with van der Waals surface area (Å²) in [7, 11) is 0. The molecule has 0 spiro atoms. The molecule has 4 N–H and O–H groups in total. The Kier molecular flexibility index (Phi) is 7.38. The molecule has 0 aliphatic carbocycles. The number of amides is 1. The monoisotopic (exact) mass is 438 g/mol. The maximum Gasteiger partial charge on any atom is 0.258 e. The standard InChI is InChI=1S/C19H24F6N4O/c1-8(27-17(30)13(22)10(21)7-20)9-4-5-11-12(6-9)29-16(28-11)14(26)15(23)19(2,3)18(24)25/h4-6,8,10,13-15,18H,7,26H2,1-3H3,(H,27,30)(H,28,29)/t8-,10?,13?,14+,15?/m1/s1. The largest absolute Gasteiger partial charge is 0.347 e. The second-order valence-corrected chi connectivity index (χ2v) is 7.75. The smallest absolute Gasteiger partial charge is 0.258 e. The number of carbonyl (C=O) groups excluding carboxylic acids is 1. The number of nitrogens with zero attached hydrogens (tertiary/aromatic N) is 1. The van der Waals surface area contributed by atoms with Crippen LogP contribution in [0, 0.1) is 5.41 Å². The van der Waals surface area contributed by atoms with Crippen molar-refractivity contribution < 1.29 is 31.1 Å². The Hall–Kier alpha value is -2.30. The van der Waals surface area contributed by atoms with Gasteiger partial charge in [0.25, 0.3) is 5.91 Å². The molecule has 2 rings (SSSR count). The van der Waals surface area contributed by atoms with Gasteiger partial charge in [0.1, 0.15) is 18.7 Å². The minimum Gasteiger partial charge on any atom is -0.347 e. The highest BCUT2D eigenvalue weighted by Crippen LogP contribution is 2.37. The quantitative estimate of drug-likeness (QED) is 0.517. The average Bonchev–Trinajstić information content (AvgIpc) is 3.14. The van der Waals surface area contributed by atoms with Crippen molar-refractivity contribution in [2.75, 3.05) is 6.67 Å². The lowest BCUT2D eigenvalue weighted by Gasteiger charge is -2.30. The number of halogens is 6. The number of aromatic amines is 1. The number of H-pyrrole nitrogens is 1. The van der Waals surface area contributed by atoms with Gasteiger partial charge in [-0.3, -0.25) is 4.79 Å². The summed E-state index contributed by atoms with van der Waals surface area (Å²) in [4.78, 5) is 18.6. The van der Waals surface area contributed by atoms with Crippen molar-refractivity contribution in [2.24, 2.45) is 11.1 Å². The molecule has 3 unspecified atom stereocenters. The molecule has 0 saturated carbocycles. The maximum absolute atomic E-state index is 14.6. The zero-order chi connectivity index (χ0) is 22.8. The number of imidazole rings is 1. The average molecular weight is 438 g/mol. The summed E-state index contributed by atoms with van der Waals surface area (Å²) in [5.41, 5.74) is 5.03. The predicted molar refractivity (Wildman–Crippen MR) is 100 cm³/mol. The Bertz CT molecular complexity index is 874. The molecule has 1 aromatic heterocycles. The third-order valence-electron chi connectivity index (χ3n) is 5.00. The van der Waals surface area contributed by atoms with Gasteiger partial charge < -0.3 is 16.0 Å². The molecule has 1 aromatic carbocycles. The summed E-state index contributed by atoms with van der Waals surface area (Å²) in [6.45, 7) is 2.01. The molecular formula is C19H24F6N4O. The van der Waals surface area contributed by atoms with E-state index in [2.05, 4.69) is 15.3 Å². The van der Waals surface area contributed by atoms with Crippen LogP contribution in [-0.2, 0) is 4.79 Å². The van der Waals surface area contributed by atoms with Crippen molar-refractivity contribution in [1.29, 1.82) is 0 Å². The third-order valence-corrected chi connectivity index (χ3v) is 5.00. The van der Waals surface area contributed by atoms with Crippen molar-refractivity contribution in [2.45, 2.75) is 57.8 Å². The molecule has 0 bridgehead atoms. The van der Waals surface area contributed by atoms with Crippen LogP contribution in [-0.4, -0.2) is 47.5 Å². The van der Waals surface area contributed by atoms with Gasteiger partial charge in [-0.1, -0.05) is 19.9 Å². The minimum absolute atomic E-state index is 0.0351. The van der Waals surface area contributed by atoms with E-state index in [0.29, 0.717) is 16.6 Å². The van der Waals surface area contributed by atoms with Crippen LogP contribution in [0.5, 0.6) is 0 Å². The van der Waals surface area contributed by atoms with Crippen LogP contribution < -0.4 is 11.1 Å². The first-order valence-corrected chi connectivity index (χ1v) is 9.22. The van der Waals surface area contributed by atoms with E-state index in [1.54, 1.807) is 0 Å². The molecule has 5 atom stereocenters. The fourth-order valence-corrected chi connectivity index (χ4v) is 2.81. The van der Waals surface area contributed by atoms with E-state index in [1.165, 1.54) is 25.1 Å². The van der Waals surface area contributed by atoms with E-state index < -0.39 is 55.0 Å². The van der Waals surface area contributed by atoms with Crippen LogP contribution in [0.25, 0.3) is 11.0 Å². The van der Waals surface area contributed by atoms with Crippen molar-refractivity contribution in [3.63, 3.8) is 0 Å². The van der Waals surface area contributed by atoms with E-state index in [-0.39, 0.29) is 5.82 Å². The normalized spacial score (nSPS) is 17.6. The first-order chi connectivity index (χ1) is 13.9. The summed E-state index contributed by atoms with van der Waals surface area (Å²) in [5.74, 6) is -1.33. The Balaban J connectivity index is 2.20. The van der Waals surface area contributed by atoms with Gasteiger partial charge in [0.05, 0.1) is 28.5 Å². The van der Waals surface area contributed by atoms with Crippen LogP contribution in [0.15, 0.2) is 18.2 Å². The first-order valence-electron chi connectivity index (χ1n) is 9.22. The lowest BCUT2D eigenvalue weighted by atomic mass is 9.84. The molecule has 0 fully saturated rings. The Morgan fingerprint density at radius 3 is 2.43 bits per heavy atom. The molecule has 11 heteroatoms. The SMILES string of the molecule is C[C@@H](NC(=O)C(F)C(F)CF)c1ccc2nc([C@@H](N)C(F)C(C)(C)C(F)F)[nH]c2c1. The van der Waals surface area contributed by atoms with Crippen LogP contribution in [0.4, 0.5) is 26.3 Å². The summed E-state index contributed by atoms with van der Waals surface area (Å²) < 4.78 is 79.4. The molecule has 2 aromatic rings. The maximum atomic E-state index is 14.6. The van der Waals surface area contributed by atoms with Gasteiger partial charge >= 0.3 is 0 Å². The number of hydrogen-bond donors (Lipinski definition) is 3. The minimum atomic E-state index is -2.93. The lowest BCUT2D eigenvalue weighted by molar-refractivity contribution is -0.129. The van der Waals surface area contributed by atoms with Gasteiger partial charge in [0.2, 0.25) is 12.6 Å². The number of carbonyl (C=O) groups is 1. The van der Waals surface area contributed by atoms with E-state index in [1.807, 2.05) is 0 Å². The molecule has 1 heterocycles. The van der Waals surface area contributed by atoms with Crippen molar-refractivity contribution in [1.82, 2.24) is 15.3 Å². The van der Waals surface area contributed by atoms with E-state index in [9.17, 15) is 31.1 Å². The van der Waals surface area contributed by atoms with Crippen LogP contribution in [0.3, 0.4) is 0 Å². The van der Waals surface area contributed by atoms with Gasteiger partial charge in [0.15, 0.2) is 6.17 Å². The van der Waals surface area contributed by atoms with Crippen LogP contribution in [0.1, 0.15) is 44.2 Å². The van der Waals surface area contributed by atoms with Gasteiger partial charge in [0, 0.05) is 0 Å². The zero-order valence-corrected chi connectivity index (χ0v) is 16.6.